The van der Waals surface area contributed by atoms with E-state index in [0.29, 0.717) is 10.5 Å². The normalized spacial score (nSPS) is 13.3. The van der Waals surface area contributed by atoms with E-state index in [9.17, 15) is 9.59 Å². The lowest BCUT2D eigenvalue weighted by molar-refractivity contribution is -0.113. The summed E-state index contributed by atoms with van der Waals surface area (Å²) in [6, 6.07) is 26.1. The first kappa shape index (κ1) is 26.5. The number of thiophene rings is 1. The predicted octanol–water partition coefficient (Wildman–Crippen LogP) is 6.35. The molecule has 1 N–H and O–H groups in total. The average Bonchev–Trinajstić information content (AvgIpc) is 3.31. The molecular formula is C32H30N4O2S2. The lowest BCUT2D eigenvalue weighted by atomic mass is 10.0. The number of carbonyl (C=O) groups excluding carboxylic acids is 1. The van der Waals surface area contributed by atoms with Crippen LogP contribution in [0.4, 0.5) is 5.69 Å². The van der Waals surface area contributed by atoms with Crippen molar-refractivity contribution < 1.29 is 4.79 Å². The molecule has 1 amide bonds. The SMILES string of the molecule is Cc1ccc(-n2c(SCC(=O)Nc3cccc(C)c3)nc3sc4c(c3c2=O)CCN(Cc2ccccc2)C4)cc1. The summed E-state index contributed by atoms with van der Waals surface area (Å²) in [6.45, 7) is 6.59. The second-order valence-electron chi connectivity index (χ2n) is 10.2. The van der Waals surface area contributed by atoms with Crippen molar-refractivity contribution in [2.45, 2.75) is 38.5 Å². The molecule has 202 valence electrons. The summed E-state index contributed by atoms with van der Waals surface area (Å²) in [5, 5.41) is 4.20. The Morgan fingerprint density at radius 3 is 2.58 bits per heavy atom. The Morgan fingerprint density at radius 1 is 1.00 bits per heavy atom. The number of carbonyl (C=O) groups is 1. The zero-order chi connectivity index (χ0) is 27.6. The molecule has 0 fully saturated rings. The smallest absolute Gasteiger partial charge is 0.267 e. The van der Waals surface area contributed by atoms with Crippen LogP contribution in [0, 0.1) is 13.8 Å². The van der Waals surface area contributed by atoms with Crippen LogP contribution in [-0.2, 0) is 24.3 Å². The van der Waals surface area contributed by atoms with Crippen LogP contribution in [-0.4, -0.2) is 32.7 Å². The van der Waals surface area contributed by atoms with Crippen molar-refractivity contribution in [1.29, 1.82) is 0 Å². The second-order valence-corrected chi connectivity index (χ2v) is 12.2. The summed E-state index contributed by atoms with van der Waals surface area (Å²) < 4.78 is 1.68. The summed E-state index contributed by atoms with van der Waals surface area (Å²) >= 11 is 2.90. The Balaban J connectivity index is 1.33. The van der Waals surface area contributed by atoms with Gasteiger partial charge in [0, 0.05) is 30.2 Å². The number of nitrogens with one attached hydrogen (secondary N) is 1. The third kappa shape index (κ3) is 5.61. The number of anilines is 1. The fourth-order valence-corrected chi connectivity index (χ4v) is 7.24. The third-order valence-corrected chi connectivity index (χ3v) is 9.15. The van der Waals surface area contributed by atoms with Crippen LogP contribution in [0.5, 0.6) is 0 Å². The maximum absolute atomic E-state index is 14.1. The van der Waals surface area contributed by atoms with Gasteiger partial charge in [0.05, 0.1) is 16.8 Å². The zero-order valence-electron chi connectivity index (χ0n) is 22.5. The van der Waals surface area contributed by atoms with Crippen LogP contribution >= 0.6 is 23.1 Å². The minimum Gasteiger partial charge on any atom is -0.325 e. The van der Waals surface area contributed by atoms with Gasteiger partial charge >= 0.3 is 0 Å². The standard InChI is InChI=1S/C32H30N4O2S2/c1-21-11-13-25(14-12-21)36-31(38)29-26-15-16-35(18-23-8-4-3-5-9-23)19-27(26)40-30(29)34-32(36)39-20-28(37)33-24-10-6-7-22(2)17-24/h3-14,17H,15-16,18-20H2,1-2H3,(H,33,37). The average molecular weight is 567 g/mol. The minimum atomic E-state index is -0.137. The lowest BCUT2D eigenvalue weighted by Crippen LogP contribution is -2.30. The molecule has 1 aliphatic rings. The summed E-state index contributed by atoms with van der Waals surface area (Å²) in [7, 11) is 0. The lowest BCUT2D eigenvalue weighted by Gasteiger charge is -2.26. The van der Waals surface area contributed by atoms with Crippen molar-refractivity contribution in [3.8, 4) is 5.69 Å². The van der Waals surface area contributed by atoms with E-state index >= 15 is 0 Å². The molecule has 6 nitrogen and oxygen atoms in total. The highest BCUT2D eigenvalue weighted by molar-refractivity contribution is 7.99. The molecule has 3 aromatic carbocycles. The molecule has 2 aromatic heterocycles. The number of benzene rings is 3. The molecule has 0 bridgehead atoms. The van der Waals surface area contributed by atoms with Crippen LogP contribution in [0.3, 0.4) is 0 Å². The first-order chi connectivity index (χ1) is 19.4. The first-order valence-electron chi connectivity index (χ1n) is 13.3. The van der Waals surface area contributed by atoms with Crippen LogP contribution in [0.2, 0.25) is 0 Å². The van der Waals surface area contributed by atoms with Gasteiger partial charge in [-0.15, -0.1) is 11.3 Å². The number of hydrogen-bond donors (Lipinski definition) is 1. The van der Waals surface area contributed by atoms with Gasteiger partial charge in [0.25, 0.3) is 5.56 Å². The van der Waals surface area contributed by atoms with Gasteiger partial charge in [-0.25, -0.2) is 4.98 Å². The van der Waals surface area contributed by atoms with E-state index in [1.165, 1.54) is 22.2 Å². The number of nitrogens with zero attached hydrogens (tertiary/aromatic N) is 3. The minimum absolute atomic E-state index is 0.0653. The Bertz CT molecular complexity index is 1740. The van der Waals surface area contributed by atoms with Crippen LogP contribution < -0.4 is 10.9 Å². The Labute approximate surface area is 241 Å². The quantitative estimate of drug-likeness (QED) is 0.184. The molecule has 3 heterocycles. The van der Waals surface area contributed by atoms with Gasteiger partial charge in [0.2, 0.25) is 5.91 Å². The molecule has 0 saturated carbocycles. The molecule has 8 heteroatoms. The zero-order valence-corrected chi connectivity index (χ0v) is 24.1. The van der Waals surface area contributed by atoms with Gasteiger partial charge in [0.1, 0.15) is 4.83 Å². The maximum atomic E-state index is 14.1. The largest absolute Gasteiger partial charge is 0.325 e. The topological polar surface area (TPSA) is 67.2 Å². The molecule has 40 heavy (non-hydrogen) atoms. The highest BCUT2D eigenvalue weighted by Crippen LogP contribution is 2.35. The second kappa shape index (κ2) is 11.4. The molecule has 0 spiro atoms. The highest BCUT2D eigenvalue weighted by Gasteiger charge is 2.26. The molecule has 0 atom stereocenters. The van der Waals surface area contributed by atoms with Crippen molar-refractivity contribution in [3.63, 3.8) is 0 Å². The monoisotopic (exact) mass is 566 g/mol. The molecule has 0 saturated heterocycles. The van der Waals surface area contributed by atoms with E-state index in [2.05, 4.69) is 34.5 Å². The Kier molecular flexibility index (Phi) is 7.56. The van der Waals surface area contributed by atoms with Crippen molar-refractivity contribution in [3.05, 3.63) is 116 Å². The molecule has 6 rings (SSSR count). The summed E-state index contributed by atoms with van der Waals surface area (Å²) in [4.78, 5) is 36.3. The van der Waals surface area contributed by atoms with Crippen LogP contribution in [0.1, 0.15) is 27.1 Å². The van der Waals surface area contributed by atoms with Crippen LogP contribution in [0.15, 0.2) is 88.8 Å². The van der Waals surface area contributed by atoms with Crippen molar-refractivity contribution in [2.75, 3.05) is 17.6 Å². The van der Waals surface area contributed by atoms with Crippen molar-refractivity contribution in [1.82, 2.24) is 14.5 Å². The van der Waals surface area contributed by atoms with E-state index in [4.69, 9.17) is 4.98 Å². The fraction of sp³-hybridized carbons (Fsp3) is 0.219. The summed E-state index contributed by atoms with van der Waals surface area (Å²) in [5.41, 5.74) is 6.05. The van der Waals surface area contributed by atoms with Gasteiger partial charge in [0.15, 0.2) is 5.16 Å². The summed E-state index contributed by atoms with van der Waals surface area (Å²) in [6.07, 6.45) is 0.818. The van der Waals surface area contributed by atoms with E-state index in [0.717, 1.165) is 59.0 Å². The van der Waals surface area contributed by atoms with Gasteiger partial charge in [-0.2, -0.15) is 0 Å². The number of thioether (sulfide) groups is 1. The van der Waals surface area contributed by atoms with E-state index in [1.54, 1.807) is 15.9 Å². The Hall–Kier alpha value is -3.72. The van der Waals surface area contributed by atoms with Gasteiger partial charge in [-0.3, -0.25) is 19.1 Å². The van der Waals surface area contributed by atoms with E-state index in [-0.39, 0.29) is 17.2 Å². The Morgan fingerprint density at radius 2 is 1.80 bits per heavy atom. The first-order valence-corrected chi connectivity index (χ1v) is 15.1. The fourth-order valence-electron chi connectivity index (χ4n) is 5.12. The molecule has 0 radical (unpaired) electrons. The van der Waals surface area contributed by atoms with E-state index < -0.39 is 0 Å². The van der Waals surface area contributed by atoms with Crippen molar-refractivity contribution >= 4 is 44.9 Å². The highest BCUT2D eigenvalue weighted by atomic mass is 32.2. The number of amides is 1. The number of aryl methyl sites for hydroxylation is 2. The van der Waals surface area contributed by atoms with Crippen LogP contribution in [0.25, 0.3) is 15.9 Å². The predicted molar refractivity (Wildman–Crippen MR) is 165 cm³/mol. The van der Waals surface area contributed by atoms with E-state index in [1.807, 2.05) is 68.4 Å². The molecular weight excluding hydrogens is 537 g/mol. The number of hydrogen-bond acceptors (Lipinski definition) is 6. The van der Waals surface area contributed by atoms with Gasteiger partial charge < -0.3 is 5.32 Å². The number of aromatic nitrogens is 2. The molecule has 0 unspecified atom stereocenters. The molecule has 0 aliphatic carbocycles. The molecule has 1 aliphatic heterocycles. The molecule has 5 aromatic rings. The number of rotatable bonds is 7. The summed E-state index contributed by atoms with van der Waals surface area (Å²) in [5.74, 6) is 0.00988. The van der Waals surface area contributed by atoms with Gasteiger partial charge in [-0.1, -0.05) is 71.9 Å². The third-order valence-electron chi connectivity index (χ3n) is 7.10. The van der Waals surface area contributed by atoms with Gasteiger partial charge in [-0.05, 0) is 61.2 Å². The number of fused-ring (bicyclic) bond motifs is 3. The van der Waals surface area contributed by atoms with Crippen molar-refractivity contribution in [2.24, 2.45) is 0 Å². The maximum Gasteiger partial charge on any atom is 0.267 e.